The number of thiocarbonyl (C=S) groups is 1. The monoisotopic (exact) mass is 375 g/mol. The Kier molecular flexibility index (Phi) is 7.31. The minimum Gasteiger partial charge on any atom is -0.334 e. The van der Waals surface area contributed by atoms with E-state index in [9.17, 15) is 14.0 Å². The van der Waals surface area contributed by atoms with Crippen LogP contribution in [0.1, 0.15) is 5.56 Å². The Morgan fingerprint density at radius 3 is 2.31 bits per heavy atom. The summed E-state index contributed by atoms with van der Waals surface area (Å²) in [6, 6.07) is 14.4. The Labute approximate surface area is 155 Å². The van der Waals surface area contributed by atoms with Gasteiger partial charge in [0.2, 0.25) is 0 Å². The number of hydrogen-bond acceptors (Lipinski definition) is 3. The molecule has 26 heavy (non-hydrogen) atoms. The van der Waals surface area contributed by atoms with Crippen LogP contribution in [-0.2, 0) is 11.3 Å². The molecule has 0 spiro atoms. The van der Waals surface area contributed by atoms with E-state index < -0.39 is 11.9 Å². The van der Waals surface area contributed by atoms with Gasteiger partial charge in [0.05, 0.1) is 0 Å². The second-order valence-electron chi connectivity index (χ2n) is 5.16. The number of para-hydroxylation sites is 1. The van der Waals surface area contributed by atoms with Crippen LogP contribution >= 0.6 is 12.2 Å². The molecule has 0 radical (unpaired) electrons. The molecular weight excluding hydrogens is 357 g/mol. The highest BCUT2D eigenvalue weighted by Crippen LogP contribution is 2.04. The van der Waals surface area contributed by atoms with Gasteiger partial charge in [-0.3, -0.25) is 15.6 Å². The van der Waals surface area contributed by atoms with Crippen LogP contribution in [0.25, 0.3) is 0 Å². The standard InChI is InChI=1S/C17H18FN5O2S/c18-13-8-6-12(7-9-13)10-19-16(25)20-11-15(24)22-23-17(26)21-14-4-2-1-3-5-14/h1-9H,10-11H2,(H,22,24)(H2,19,20,25)(H2,21,23,26). The molecule has 0 fully saturated rings. The highest BCUT2D eigenvalue weighted by Gasteiger charge is 2.06. The quantitative estimate of drug-likeness (QED) is 0.405. The van der Waals surface area contributed by atoms with Crippen LogP contribution < -0.4 is 26.8 Å². The molecule has 0 atom stereocenters. The van der Waals surface area contributed by atoms with Crippen LogP contribution in [0.2, 0.25) is 0 Å². The average molecular weight is 375 g/mol. The molecule has 0 aliphatic heterocycles. The Morgan fingerprint density at radius 2 is 1.62 bits per heavy atom. The smallest absolute Gasteiger partial charge is 0.315 e. The van der Waals surface area contributed by atoms with E-state index >= 15 is 0 Å². The van der Waals surface area contributed by atoms with Gasteiger partial charge in [-0.1, -0.05) is 30.3 Å². The van der Waals surface area contributed by atoms with Crippen LogP contribution in [0.4, 0.5) is 14.9 Å². The van der Waals surface area contributed by atoms with Crippen molar-refractivity contribution >= 4 is 35.0 Å². The highest BCUT2D eigenvalue weighted by atomic mass is 32.1. The summed E-state index contributed by atoms with van der Waals surface area (Å²) in [5.74, 6) is -0.818. The number of anilines is 1. The van der Waals surface area contributed by atoms with Crippen LogP contribution in [0.3, 0.4) is 0 Å². The molecule has 2 aromatic rings. The summed E-state index contributed by atoms with van der Waals surface area (Å²) in [4.78, 5) is 23.3. The number of rotatable bonds is 5. The number of nitrogens with one attached hydrogen (secondary N) is 5. The summed E-state index contributed by atoms with van der Waals surface area (Å²) in [7, 11) is 0. The highest BCUT2D eigenvalue weighted by molar-refractivity contribution is 7.80. The molecular formula is C17H18FN5O2S. The maximum absolute atomic E-state index is 12.8. The second kappa shape index (κ2) is 9.94. The Bertz CT molecular complexity index is 756. The molecule has 9 heteroatoms. The number of hydrazine groups is 1. The Hall–Kier alpha value is -3.20. The second-order valence-corrected chi connectivity index (χ2v) is 5.56. The maximum Gasteiger partial charge on any atom is 0.315 e. The van der Waals surface area contributed by atoms with Crippen molar-refractivity contribution in [2.24, 2.45) is 0 Å². The zero-order valence-corrected chi connectivity index (χ0v) is 14.5. The van der Waals surface area contributed by atoms with Crippen molar-refractivity contribution in [3.05, 3.63) is 66.0 Å². The van der Waals surface area contributed by atoms with E-state index in [0.717, 1.165) is 11.3 Å². The molecule has 0 aliphatic carbocycles. The van der Waals surface area contributed by atoms with Gasteiger partial charge in [0.15, 0.2) is 5.11 Å². The molecule has 3 amide bonds. The van der Waals surface area contributed by atoms with Gasteiger partial charge in [-0.15, -0.1) is 0 Å². The third kappa shape index (κ3) is 7.14. The molecule has 136 valence electrons. The third-order valence-corrected chi connectivity index (χ3v) is 3.33. The molecule has 2 rings (SSSR count). The van der Waals surface area contributed by atoms with Crippen LogP contribution in [0, 0.1) is 5.82 Å². The fraction of sp³-hybridized carbons (Fsp3) is 0.118. The normalized spacial score (nSPS) is 9.73. The minimum absolute atomic E-state index is 0.213. The lowest BCUT2D eigenvalue weighted by molar-refractivity contribution is -0.120. The fourth-order valence-electron chi connectivity index (χ4n) is 1.86. The molecule has 0 saturated heterocycles. The van der Waals surface area contributed by atoms with E-state index in [1.807, 2.05) is 30.3 Å². The lowest BCUT2D eigenvalue weighted by atomic mass is 10.2. The van der Waals surface area contributed by atoms with Gasteiger partial charge in [-0.2, -0.15) is 0 Å². The first-order chi connectivity index (χ1) is 12.5. The largest absolute Gasteiger partial charge is 0.334 e. The first-order valence-corrected chi connectivity index (χ1v) is 8.11. The van der Waals surface area contributed by atoms with Crippen molar-refractivity contribution in [3.8, 4) is 0 Å². The van der Waals surface area contributed by atoms with Crippen molar-refractivity contribution in [1.29, 1.82) is 0 Å². The molecule has 7 nitrogen and oxygen atoms in total. The van der Waals surface area contributed by atoms with Gasteiger partial charge >= 0.3 is 6.03 Å². The van der Waals surface area contributed by atoms with E-state index in [1.54, 1.807) is 12.1 Å². The average Bonchev–Trinajstić information content (AvgIpc) is 2.65. The first kappa shape index (κ1) is 19.1. The van der Waals surface area contributed by atoms with Crippen LogP contribution in [0.15, 0.2) is 54.6 Å². The van der Waals surface area contributed by atoms with Crippen molar-refractivity contribution < 1.29 is 14.0 Å². The molecule has 0 aliphatic rings. The number of carbonyl (C=O) groups is 2. The van der Waals surface area contributed by atoms with E-state index in [4.69, 9.17) is 12.2 Å². The SMILES string of the molecule is O=C(CNC(=O)NCc1ccc(F)cc1)NNC(=S)Nc1ccccc1. The number of urea groups is 1. The van der Waals surface area contributed by atoms with E-state index in [2.05, 4.69) is 26.8 Å². The zero-order chi connectivity index (χ0) is 18.8. The van der Waals surface area contributed by atoms with Gasteiger partial charge < -0.3 is 16.0 Å². The van der Waals surface area contributed by atoms with Crippen LogP contribution in [-0.4, -0.2) is 23.6 Å². The molecule has 0 unspecified atom stereocenters. The van der Waals surface area contributed by atoms with Gasteiger partial charge in [0.25, 0.3) is 5.91 Å². The Balaban J connectivity index is 1.61. The Morgan fingerprint density at radius 1 is 0.923 bits per heavy atom. The lowest BCUT2D eigenvalue weighted by Gasteiger charge is -2.12. The molecule has 5 N–H and O–H groups in total. The minimum atomic E-state index is -0.519. The number of carbonyl (C=O) groups excluding carboxylic acids is 2. The topological polar surface area (TPSA) is 94.3 Å². The summed E-state index contributed by atoms with van der Waals surface area (Å²) >= 11 is 5.03. The fourth-order valence-corrected chi connectivity index (χ4v) is 2.03. The summed E-state index contributed by atoms with van der Waals surface area (Å²) < 4.78 is 12.8. The zero-order valence-electron chi connectivity index (χ0n) is 13.7. The van der Waals surface area contributed by atoms with E-state index in [1.165, 1.54) is 12.1 Å². The van der Waals surface area contributed by atoms with Gasteiger partial charge in [0.1, 0.15) is 12.4 Å². The molecule has 0 bridgehead atoms. The van der Waals surface area contributed by atoms with Gasteiger partial charge in [-0.25, -0.2) is 9.18 Å². The van der Waals surface area contributed by atoms with Crippen molar-refractivity contribution in [2.75, 3.05) is 11.9 Å². The van der Waals surface area contributed by atoms with Crippen molar-refractivity contribution in [3.63, 3.8) is 0 Å². The lowest BCUT2D eigenvalue weighted by Crippen LogP contribution is -2.48. The van der Waals surface area contributed by atoms with E-state index in [0.29, 0.717) is 0 Å². The number of hydrogen-bond donors (Lipinski definition) is 5. The molecule has 2 aromatic carbocycles. The molecule has 0 aromatic heterocycles. The maximum atomic E-state index is 12.8. The summed E-state index contributed by atoms with van der Waals surface area (Å²) in [6.07, 6.45) is 0. The van der Waals surface area contributed by atoms with Gasteiger partial charge in [0, 0.05) is 12.2 Å². The number of halogens is 1. The summed E-state index contributed by atoms with van der Waals surface area (Å²) in [6.45, 7) is -0.0206. The van der Waals surface area contributed by atoms with Crippen LogP contribution in [0.5, 0.6) is 0 Å². The summed E-state index contributed by atoms with van der Waals surface area (Å²) in [5, 5.41) is 8.05. The van der Waals surface area contributed by atoms with Gasteiger partial charge in [-0.05, 0) is 42.0 Å². The van der Waals surface area contributed by atoms with Crippen molar-refractivity contribution in [1.82, 2.24) is 21.5 Å². The number of amides is 3. The third-order valence-electron chi connectivity index (χ3n) is 3.12. The van der Waals surface area contributed by atoms with Crippen molar-refractivity contribution in [2.45, 2.75) is 6.54 Å². The summed E-state index contributed by atoms with van der Waals surface area (Å²) in [5.41, 5.74) is 6.41. The number of benzene rings is 2. The molecule has 0 saturated carbocycles. The predicted molar refractivity (Wildman–Crippen MR) is 101 cm³/mol. The first-order valence-electron chi connectivity index (χ1n) is 7.70. The molecule has 0 heterocycles. The predicted octanol–water partition coefficient (Wildman–Crippen LogP) is 1.64. The van der Waals surface area contributed by atoms with E-state index in [-0.39, 0.29) is 24.0 Å².